The smallest absolute Gasteiger partial charge is 0.234 e. The third-order valence-corrected chi connectivity index (χ3v) is 2.76. The lowest BCUT2D eigenvalue weighted by Gasteiger charge is -1.98. The lowest BCUT2D eigenvalue weighted by molar-refractivity contribution is -0.118. The van der Waals surface area contributed by atoms with Crippen LogP contribution in [-0.2, 0) is 11.2 Å². The molecule has 1 aromatic heterocycles. The Morgan fingerprint density at radius 2 is 2.21 bits per heavy atom. The van der Waals surface area contributed by atoms with Crippen molar-refractivity contribution in [1.82, 2.24) is 10.1 Å². The largest absolute Gasteiger partial charge is 0.339 e. The molecular weight excluding hydrogens is 247 g/mol. The Hall–Kier alpha value is -2.04. The average molecular weight is 262 g/mol. The van der Waals surface area contributed by atoms with E-state index in [9.17, 15) is 9.18 Å². The van der Waals surface area contributed by atoms with Crippen LogP contribution in [0.15, 0.2) is 22.7 Å². The van der Waals surface area contributed by atoms with Crippen LogP contribution in [0.1, 0.15) is 31.2 Å². The molecule has 0 radical (unpaired) electrons. The van der Waals surface area contributed by atoms with Crippen LogP contribution >= 0.6 is 0 Å². The summed E-state index contributed by atoms with van der Waals surface area (Å²) in [6.07, 6.45) is 1.46. The Morgan fingerprint density at radius 3 is 2.89 bits per heavy atom. The number of Topliss-reactive ketones (excluding diaryl/α,β-unsaturated/α-hetero) is 1. The number of benzene rings is 1. The summed E-state index contributed by atoms with van der Waals surface area (Å²) in [6, 6.07) is 4.60. The van der Waals surface area contributed by atoms with Crippen molar-refractivity contribution in [3.05, 3.63) is 35.5 Å². The summed E-state index contributed by atoms with van der Waals surface area (Å²) >= 11 is 0. The van der Waals surface area contributed by atoms with Gasteiger partial charge in [-0.05, 0) is 37.1 Å². The van der Waals surface area contributed by atoms with Gasteiger partial charge < -0.3 is 4.52 Å². The van der Waals surface area contributed by atoms with E-state index in [4.69, 9.17) is 4.52 Å². The SMILES string of the molecule is CCCC(=O)Cc1nc(-c2ccc(F)c(C)c2)no1. The molecule has 0 aliphatic carbocycles. The molecule has 2 rings (SSSR count). The standard InChI is InChI=1S/C14H15FN2O2/c1-3-4-11(18)8-13-16-14(17-19-13)10-5-6-12(15)9(2)7-10/h5-7H,3-4,8H2,1-2H3. The number of rotatable bonds is 5. The Balaban J connectivity index is 2.16. The van der Waals surface area contributed by atoms with Gasteiger partial charge in [0.05, 0.1) is 6.42 Å². The second kappa shape index (κ2) is 5.73. The van der Waals surface area contributed by atoms with Gasteiger partial charge >= 0.3 is 0 Å². The van der Waals surface area contributed by atoms with Crippen molar-refractivity contribution in [1.29, 1.82) is 0 Å². The maximum absolute atomic E-state index is 13.2. The first-order valence-electron chi connectivity index (χ1n) is 6.21. The molecule has 2 aromatic rings. The van der Waals surface area contributed by atoms with Crippen LogP contribution < -0.4 is 0 Å². The third kappa shape index (κ3) is 3.24. The molecule has 0 bridgehead atoms. The van der Waals surface area contributed by atoms with Gasteiger partial charge in [-0.25, -0.2) is 4.39 Å². The van der Waals surface area contributed by atoms with E-state index in [-0.39, 0.29) is 18.0 Å². The van der Waals surface area contributed by atoms with Crippen LogP contribution in [0.5, 0.6) is 0 Å². The summed E-state index contributed by atoms with van der Waals surface area (Å²) in [5.74, 6) is 0.483. The van der Waals surface area contributed by atoms with E-state index in [1.165, 1.54) is 6.07 Å². The quantitative estimate of drug-likeness (QED) is 0.830. The zero-order valence-electron chi connectivity index (χ0n) is 10.9. The molecular formula is C14H15FN2O2. The maximum Gasteiger partial charge on any atom is 0.234 e. The van der Waals surface area contributed by atoms with Gasteiger partial charge in [-0.1, -0.05) is 12.1 Å². The number of ketones is 1. The van der Waals surface area contributed by atoms with Gasteiger partial charge in [0.2, 0.25) is 11.7 Å². The number of nitrogens with zero attached hydrogens (tertiary/aromatic N) is 2. The van der Waals surface area contributed by atoms with Crippen molar-refractivity contribution < 1.29 is 13.7 Å². The minimum absolute atomic E-state index is 0.0768. The highest BCUT2D eigenvalue weighted by molar-refractivity contribution is 5.79. The van der Waals surface area contributed by atoms with Crippen LogP contribution in [0.3, 0.4) is 0 Å². The van der Waals surface area contributed by atoms with Crippen molar-refractivity contribution in [3.8, 4) is 11.4 Å². The fraction of sp³-hybridized carbons (Fsp3) is 0.357. The molecule has 100 valence electrons. The van der Waals surface area contributed by atoms with Gasteiger partial charge in [0.15, 0.2) is 0 Å². The van der Waals surface area contributed by atoms with Crippen molar-refractivity contribution in [3.63, 3.8) is 0 Å². The zero-order valence-corrected chi connectivity index (χ0v) is 10.9. The van der Waals surface area contributed by atoms with E-state index in [1.54, 1.807) is 19.1 Å². The summed E-state index contributed by atoms with van der Waals surface area (Å²) < 4.78 is 18.2. The first-order valence-corrected chi connectivity index (χ1v) is 6.21. The molecule has 0 amide bonds. The molecule has 0 unspecified atom stereocenters. The van der Waals surface area contributed by atoms with Crippen LogP contribution in [-0.4, -0.2) is 15.9 Å². The second-order valence-electron chi connectivity index (χ2n) is 4.44. The Morgan fingerprint density at radius 1 is 1.42 bits per heavy atom. The minimum atomic E-state index is -0.273. The van der Waals surface area contributed by atoms with Gasteiger partial charge in [-0.2, -0.15) is 4.98 Å². The minimum Gasteiger partial charge on any atom is -0.339 e. The topological polar surface area (TPSA) is 56.0 Å². The molecule has 0 saturated heterocycles. The molecule has 0 saturated carbocycles. The highest BCUT2D eigenvalue weighted by Crippen LogP contribution is 2.19. The summed E-state index contributed by atoms with van der Waals surface area (Å²) in [5, 5.41) is 3.81. The first-order chi connectivity index (χ1) is 9.10. The van der Waals surface area contributed by atoms with E-state index in [1.807, 2.05) is 6.92 Å². The molecule has 19 heavy (non-hydrogen) atoms. The molecule has 0 atom stereocenters. The molecule has 0 aliphatic heterocycles. The van der Waals surface area contributed by atoms with Crippen LogP contribution in [0, 0.1) is 12.7 Å². The monoisotopic (exact) mass is 262 g/mol. The summed E-state index contributed by atoms with van der Waals surface area (Å²) in [4.78, 5) is 15.6. The molecule has 0 spiro atoms. The molecule has 0 N–H and O–H groups in total. The molecule has 0 fully saturated rings. The lowest BCUT2D eigenvalue weighted by Crippen LogP contribution is -2.01. The number of hydrogen-bond acceptors (Lipinski definition) is 4. The van der Waals surface area contributed by atoms with Crippen molar-refractivity contribution in [2.75, 3.05) is 0 Å². The second-order valence-corrected chi connectivity index (χ2v) is 4.44. The summed E-state index contributed by atoms with van der Waals surface area (Å²) in [7, 11) is 0. The fourth-order valence-corrected chi connectivity index (χ4v) is 1.76. The number of hydrogen-bond donors (Lipinski definition) is 0. The molecule has 1 heterocycles. The number of carbonyl (C=O) groups is 1. The van der Waals surface area contributed by atoms with Crippen LogP contribution in [0.4, 0.5) is 4.39 Å². The molecule has 5 heteroatoms. The molecule has 1 aromatic carbocycles. The third-order valence-electron chi connectivity index (χ3n) is 2.76. The zero-order chi connectivity index (χ0) is 13.8. The van der Waals surface area contributed by atoms with E-state index < -0.39 is 0 Å². The maximum atomic E-state index is 13.2. The number of carbonyl (C=O) groups excluding carboxylic acids is 1. The first kappa shape index (κ1) is 13.4. The van der Waals surface area contributed by atoms with E-state index >= 15 is 0 Å². The van der Waals surface area contributed by atoms with Crippen molar-refractivity contribution in [2.45, 2.75) is 33.1 Å². The van der Waals surface area contributed by atoms with Crippen molar-refractivity contribution >= 4 is 5.78 Å². The van der Waals surface area contributed by atoms with E-state index in [0.29, 0.717) is 29.3 Å². The highest BCUT2D eigenvalue weighted by Gasteiger charge is 2.12. The number of halogens is 1. The van der Waals surface area contributed by atoms with Gasteiger partial charge in [-0.3, -0.25) is 4.79 Å². The van der Waals surface area contributed by atoms with Crippen molar-refractivity contribution in [2.24, 2.45) is 0 Å². The van der Waals surface area contributed by atoms with Gasteiger partial charge in [0.1, 0.15) is 11.6 Å². The lowest BCUT2D eigenvalue weighted by atomic mass is 10.1. The van der Waals surface area contributed by atoms with Gasteiger partial charge in [-0.15, -0.1) is 0 Å². The Bertz CT molecular complexity index is 593. The van der Waals surface area contributed by atoms with E-state index in [2.05, 4.69) is 10.1 Å². The fourth-order valence-electron chi connectivity index (χ4n) is 1.76. The number of aromatic nitrogens is 2. The molecule has 4 nitrogen and oxygen atoms in total. The number of aryl methyl sites for hydroxylation is 1. The van der Waals surface area contributed by atoms with Crippen LogP contribution in [0.2, 0.25) is 0 Å². The highest BCUT2D eigenvalue weighted by atomic mass is 19.1. The summed E-state index contributed by atoms with van der Waals surface area (Å²) in [5.41, 5.74) is 1.20. The van der Waals surface area contributed by atoms with Gasteiger partial charge in [0.25, 0.3) is 0 Å². The van der Waals surface area contributed by atoms with E-state index in [0.717, 1.165) is 6.42 Å². The predicted molar refractivity (Wildman–Crippen MR) is 68.0 cm³/mol. The predicted octanol–water partition coefficient (Wildman–Crippen LogP) is 3.10. The van der Waals surface area contributed by atoms with Gasteiger partial charge in [0, 0.05) is 12.0 Å². The Kier molecular flexibility index (Phi) is 4.04. The average Bonchev–Trinajstić information content (AvgIpc) is 2.81. The van der Waals surface area contributed by atoms with Crippen LogP contribution in [0.25, 0.3) is 11.4 Å². The summed E-state index contributed by atoms with van der Waals surface area (Å²) in [6.45, 7) is 3.61. The molecule has 0 aliphatic rings. The Labute approximate surface area is 110 Å². The normalized spacial score (nSPS) is 10.7.